The molecule has 1 aromatic carbocycles. The molecule has 0 radical (unpaired) electrons. The third kappa shape index (κ3) is 4.07. The van der Waals surface area contributed by atoms with Crippen LogP contribution in [0.1, 0.15) is 22.8 Å². The van der Waals surface area contributed by atoms with E-state index < -0.39 is 11.6 Å². The van der Waals surface area contributed by atoms with Crippen LogP contribution in [0.2, 0.25) is 0 Å². The molecular weight excluding hydrogens is 441 g/mol. The van der Waals surface area contributed by atoms with Gasteiger partial charge in [-0.15, -0.1) is 34.2 Å². The van der Waals surface area contributed by atoms with E-state index in [-0.39, 0.29) is 24.0 Å². The molecule has 9 heteroatoms. The van der Waals surface area contributed by atoms with Crippen LogP contribution in [0.5, 0.6) is 0 Å². The third-order valence-corrected chi connectivity index (χ3v) is 4.34. The number of hydrogen-bond acceptors (Lipinski definition) is 3. The molecule has 136 valence electrons. The van der Waals surface area contributed by atoms with Crippen molar-refractivity contribution < 1.29 is 8.78 Å². The van der Waals surface area contributed by atoms with E-state index in [4.69, 9.17) is 0 Å². The first kappa shape index (κ1) is 19.5. The van der Waals surface area contributed by atoms with Gasteiger partial charge in [0.05, 0.1) is 6.54 Å². The predicted octanol–water partition coefficient (Wildman–Crippen LogP) is 2.15. The number of fused-ring (bicyclic) bond motifs is 1. The van der Waals surface area contributed by atoms with Gasteiger partial charge in [0.25, 0.3) is 0 Å². The van der Waals surface area contributed by atoms with Gasteiger partial charge < -0.3 is 14.8 Å². The van der Waals surface area contributed by atoms with Crippen molar-refractivity contribution >= 4 is 29.9 Å². The van der Waals surface area contributed by atoms with Crippen LogP contribution in [-0.2, 0) is 26.6 Å². The highest BCUT2D eigenvalue weighted by Gasteiger charge is 2.22. The minimum Gasteiger partial charge on any atom is -0.349 e. The molecule has 0 atom stereocenters. The van der Waals surface area contributed by atoms with Gasteiger partial charge in [0.15, 0.2) is 11.8 Å². The quantitative estimate of drug-likeness (QED) is 0.423. The zero-order chi connectivity index (χ0) is 17.3. The number of nitrogens with zero attached hydrogens (tertiary/aromatic N) is 5. The van der Waals surface area contributed by atoms with Crippen molar-refractivity contribution in [2.24, 2.45) is 12.0 Å². The van der Waals surface area contributed by atoms with Gasteiger partial charge >= 0.3 is 0 Å². The monoisotopic (exact) mass is 462 g/mol. The lowest BCUT2D eigenvalue weighted by Gasteiger charge is -2.31. The Morgan fingerprint density at radius 2 is 2.08 bits per heavy atom. The van der Waals surface area contributed by atoms with Gasteiger partial charge in [-0.3, -0.25) is 4.99 Å². The first-order chi connectivity index (χ1) is 11.5. The molecule has 3 rings (SSSR count). The van der Waals surface area contributed by atoms with Crippen molar-refractivity contribution in [3.8, 4) is 0 Å². The largest absolute Gasteiger partial charge is 0.349 e. The average molecular weight is 462 g/mol. The Bertz CT molecular complexity index is 789. The molecule has 6 nitrogen and oxygen atoms in total. The van der Waals surface area contributed by atoms with Crippen LogP contribution < -0.4 is 5.32 Å². The molecule has 25 heavy (non-hydrogen) atoms. The lowest BCUT2D eigenvalue weighted by atomic mass is 9.99. The lowest BCUT2D eigenvalue weighted by Crippen LogP contribution is -2.44. The summed E-state index contributed by atoms with van der Waals surface area (Å²) in [5, 5.41) is 11.4. The highest BCUT2D eigenvalue weighted by atomic mass is 127. The normalized spacial score (nSPS) is 14.1. The van der Waals surface area contributed by atoms with Crippen LogP contribution in [0.15, 0.2) is 17.1 Å². The summed E-state index contributed by atoms with van der Waals surface area (Å²) in [6, 6.07) is 2.34. The van der Waals surface area contributed by atoms with Crippen LogP contribution in [0.3, 0.4) is 0 Å². The van der Waals surface area contributed by atoms with Crippen molar-refractivity contribution in [2.45, 2.75) is 26.4 Å². The molecule has 0 fully saturated rings. The topological polar surface area (TPSA) is 58.3 Å². The molecule has 0 aliphatic carbocycles. The van der Waals surface area contributed by atoms with Crippen LogP contribution in [0, 0.1) is 18.6 Å². The smallest absolute Gasteiger partial charge is 0.194 e. The van der Waals surface area contributed by atoms with Gasteiger partial charge in [-0.05, 0) is 30.5 Å². The summed E-state index contributed by atoms with van der Waals surface area (Å²) in [6.45, 7) is 3.40. The van der Waals surface area contributed by atoms with E-state index >= 15 is 0 Å². The van der Waals surface area contributed by atoms with E-state index in [2.05, 4.69) is 20.5 Å². The maximum absolute atomic E-state index is 13.8. The summed E-state index contributed by atoms with van der Waals surface area (Å²) in [4.78, 5) is 6.24. The maximum Gasteiger partial charge on any atom is 0.194 e. The third-order valence-electron chi connectivity index (χ3n) is 4.34. The Labute approximate surface area is 162 Å². The zero-order valence-electron chi connectivity index (χ0n) is 14.4. The number of aryl methyl sites for hydroxylation is 1. The minimum absolute atomic E-state index is 0. The maximum atomic E-state index is 13.8. The second-order valence-electron chi connectivity index (χ2n) is 5.82. The SMILES string of the molecule is CN=C(NCc1nnc(C)n1C)N1CCc2c(F)cc(F)cc2C1.I. The number of aromatic nitrogens is 3. The van der Waals surface area contributed by atoms with Gasteiger partial charge in [0.2, 0.25) is 0 Å². The molecule has 1 N–H and O–H groups in total. The summed E-state index contributed by atoms with van der Waals surface area (Å²) in [5.41, 5.74) is 1.25. The van der Waals surface area contributed by atoms with Crippen LogP contribution in [-0.4, -0.2) is 39.2 Å². The highest BCUT2D eigenvalue weighted by molar-refractivity contribution is 14.0. The molecule has 2 heterocycles. The van der Waals surface area contributed by atoms with Crippen molar-refractivity contribution in [2.75, 3.05) is 13.6 Å². The van der Waals surface area contributed by atoms with E-state index in [0.29, 0.717) is 43.1 Å². The fourth-order valence-electron chi connectivity index (χ4n) is 2.89. The molecule has 1 aliphatic rings. The molecule has 0 bridgehead atoms. The minimum atomic E-state index is -0.550. The number of guanidine groups is 1. The van der Waals surface area contributed by atoms with Crippen molar-refractivity contribution in [3.63, 3.8) is 0 Å². The predicted molar refractivity (Wildman–Crippen MR) is 102 cm³/mol. The van der Waals surface area contributed by atoms with Crippen LogP contribution in [0.25, 0.3) is 0 Å². The van der Waals surface area contributed by atoms with E-state index in [1.165, 1.54) is 6.07 Å². The Hall–Kier alpha value is -1.78. The number of hydrogen-bond donors (Lipinski definition) is 1. The van der Waals surface area contributed by atoms with Crippen molar-refractivity contribution in [3.05, 3.63) is 46.5 Å². The fourth-order valence-corrected chi connectivity index (χ4v) is 2.89. The second-order valence-corrected chi connectivity index (χ2v) is 5.82. The average Bonchev–Trinajstić information content (AvgIpc) is 2.87. The summed E-state index contributed by atoms with van der Waals surface area (Å²) in [5.74, 6) is 1.28. The van der Waals surface area contributed by atoms with Crippen molar-refractivity contribution in [1.82, 2.24) is 25.0 Å². The van der Waals surface area contributed by atoms with E-state index in [9.17, 15) is 8.78 Å². The van der Waals surface area contributed by atoms with Crippen LogP contribution in [0.4, 0.5) is 8.78 Å². The second kappa shape index (κ2) is 8.07. The van der Waals surface area contributed by atoms with E-state index in [0.717, 1.165) is 17.7 Å². The summed E-state index contributed by atoms with van der Waals surface area (Å²) in [6.07, 6.45) is 0.519. The molecule has 0 saturated heterocycles. The molecule has 0 spiro atoms. The first-order valence-electron chi connectivity index (χ1n) is 7.77. The number of aliphatic imine (C=N–C) groups is 1. The molecule has 2 aromatic rings. The van der Waals surface area contributed by atoms with Crippen LogP contribution >= 0.6 is 24.0 Å². The molecular formula is C16H21F2IN6. The van der Waals surface area contributed by atoms with E-state index in [1.807, 2.05) is 23.4 Å². The van der Waals surface area contributed by atoms with Gasteiger partial charge in [-0.2, -0.15) is 0 Å². The lowest BCUT2D eigenvalue weighted by molar-refractivity contribution is 0.369. The molecule has 0 unspecified atom stereocenters. The van der Waals surface area contributed by atoms with Gasteiger partial charge in [0.1, 0.15) is 17.5 Å². The first-order valence-corrected chi connectivity index (χ1v) is 7.77. The number of halogens is 3. The molecule has 1 aromatic heterocycles. The fraction of sp³-hybridized carbons (Fsp3) is 0.438. The van der Waals surface area contributed by atoms with E-state index in [1.54, 1.807) is 7.05 Å². The number of benzene rings is 1. The number of nitrogens with one attached hydrogen (secondary N) is 1. The Morgan fingerprint density at radius 3 is 2.72 bits per heavy atom. The summed E-state index contributed by atoms with van der Waals surface area (Å²) >= 11 is 0. The van der Waals surface area contributed by atoms with Gasteiger partial charge in [0, 0.05) is 33.3 Å². The van der Waals surface area contributed by atoms with Crippen molar-refractivity contribution in [1.29, 1.82) is 0 Å². The number of rotatable bonds is 2. The van der Waals surface area contributed by atoms with Gasteiger partial charge in [-0.1, -0.05) is 0 Å². The highest BCUT2D eigenvalue weighted by Crippen LogP contribution is 2.23. The zero-order valence-corrected chi connectivity index (χ0v) is 16.7. The Kier molecular flexibility index (Phi) is 6.31. The standard InChI is InChI=1S/C16H20F2N6.HI/c1-10-21-22-15(23(10)3)8-20-16(19-2)24-5-4-13-11(9-24)6-12(17)7-14(13)18;/h6-7H,4-5,8-9H2,1-3H3,(H,19,20);1H. The molecule has 0 saturated carbocycles. The molecule has 0 amide bonds. The Morgan fingerprint density at radius 1 is 1.32 bits per heavy atom. The molecule has 1 aliphatic heterocycles. The Balaban J connectivity index is 0.00000225. The summed E-state index contributed by atoms with van der Waals surface area (Å²) < 4.78 is 29.2. The summed E-state index contributed by atoms with van der Waals surface area (Å²) in [7, 11) is 3.59. The van der Waals surface area contributed by atoms with Gasteiger partial charge in [-0.25, -0.2) is 8.78 Å².